The maximum absolute atomic E-state index is 6.17. The van der Waals surface area contributed by atoms with Crippen LogP contribution in [0.3, 0.4) is 0 Å². The molecule has 72 valence electrons. The van der Waals surface area contributed by atoms with E-state index in [1.807, 2.05) is 19.1 Å². The Morgan fingerprint density at radius 1 is 1.62 bits per heavy atom. The summed E-state index contributed by atoms with van der Waals surface area (Å²) in [5.41, 5.74) is 13.3. The van der Waals surface area contributed by atoms with E-state index in [-0.39, 0.29) is 5.66 Å². The number of nitrogens with one attached hydrogen (secondary N) is 1. The van der Waals surface area contributed by atoms with Gasteiger partial charge in [0, 0.05) is 5.70 Å². The molecule has 0 spiro atoms. The number of rotatable bonds is 2. The van der Waals surface area contributed by atoms with Crippen molar-refractivity contribution in [1.29, 1.82) is 0 Å². The lowest BCUT2D eigenvalue weighted by atomic mass is 9.99. The number of allylic oxidation sites excluding steroid dienone is 2. The highest BCUT2D eigenvalue weighted by atomic mass is 15.1. The predicted molar refractivity (Wildman–Crippen MR) is 53.4 cm³/mol. The second kappa shape index (κ2) is 2.77. The van der Waals surface area contributed by atoms with Crippen molar-refractivity contribution in [3.8, 4) is 0 Å². The number of hydrogen-bond acceptors (Lipinski definition) is 3. The molecule has 0 aromatic heterocycles. The van der Waals surface area contributed by atoms with Gasteiger partial charge in [0.05, 0.1) is 5.70 Å². The highest BCUT2D eigenvalue weighted by molar-refractivity contribution is 5.30. The molecule has 0 saturated heterocycles. The smallest absolute Gasteiger partial charge is 0.105 e. The van der Waals surface area contributed by atoms with Crippen LogP contribution in [0.4, 0.5) is 0 Å². The quantitative estimate of drug-likeness (QED) is 0.587. The molecule has 2 rings (SSSR count). The molecule has 1 aliphatic heterocycles. The van der Waals surface area contributed by atoms with Crippen molar-refractivity contribution in [1.82, 2.24) is 5.32 Å². The first-order chi connectivity index (χ1) is 6.09. The summed E-state index contributed by atoms with van der Waals surface area (Å²) in [6.07, 6.45) is 7.56. The SMILES string of the molecule is CC1=C(N)C=CC(N)(CC2CC2)N1. The molecule has 3 nitrogen and oxygen atoms in total. The van der Waals surface area contributed by atoms with Gasteiger partial charge in [0.15, 0.2) is 0 Å². The molecule has 1 fully saturated rings. The molecule has 1 aliphatic carbocycles. The Balaban J connectivity index is 2.06. The third kappa shape index (κ3) is 1.86. The van der Waals surface area contributed by atoms with Crippen molar-refractivity contribution in [3.63, 3.8) is 0 Å². The Morgan fingerprint density at radius 3 is 2.85 bits per heavy atom. The lowest BCUT2D eigenvalue weighted by Gasteiger charge is -2.32. The zero-order valence-electron chi connectivity index (χ0n) is 8.01. The highest BCUT2D eigenvalue weighted by Gasteiger charge is 2.33. The van der Waals surface area contributed by atoms with Crippen LogP contribution in [0.1, 0.15) is 26.2 Å². The molecule has 0 aromatic rings. The van der Waals surface area contributed by atoms with E-state index in [0.29, 0.717) is 0 Å². The standard InChI is InChI=1S/C10H17N3/c1-7-9(11)4-5-10(12,13-7)6-8-2-3-8/h4-5,8,13H,2-3,6,11-12H2,1H3. The van der Waals surface area contributed by atoms with Gasteiger partial charge in [-0.05, 0) is 31.4 Å². The molecule has 1 saturated carbocycles. The Morgan fingerprint density at radius 2 is 2.31 bits per heavy atom. The van der Waals surface area contributed by atoms with Gasteiger partial charge in [-0.15, -0.1) is 0 Å². The summed E-state index contributed by atoms with van der Waals surface area (Å²) < 4.78 is 0. The maximum Gasteiger partial charge on any atom is 0.105 e. The van der Waals surface area contributed by atoms with Crippen LogP contribution in [0.15, 0.2) is 23.5 Å². The summed E-state index contributed by atoms with van der Waals surface area (Å²) >= 11 is 0. The van der Waals surface area contributed by atoms with Crippen LogP contribution < -0.4 is 16.8 Å². The van der Waals surface area contributed by atoms with Crippen molar-refractivity contribution in [2.24, 2.45) is 17.4 Å². The van der Waals surface area contributed by atoms with E-state index in [9.17, 15) is 0 Å². The topological polar surface area (TPSA) is 64.1 Å². The first-order valence-corrected chi connectivity index (χ1v) is 4.82. The van der Waals surface area contributed by atoms with E-state index in [0.717, 1.165) is 23.7 Å². The minimum absolute atomic E-state index is 0.353. The zero-order chi connectivity index (χ0) is 9.47. The number of dihydropyridines is 1. The Hall–Kier alpha value is -0.960. The van der Waals surface area contributed by atoms with E-state index < -0.39 is 0 Å². The average molecular weight is 179 g/mol. The molecule has 1 atom stereocenters. The highest BCUT2D eigenvalue weighted by Crippen LogP contribution is 2.36. The number of hydrogen-bond donors (Lipinski definition) is 3. The summed E-state index contributed by atoms with van der Waals surface area (Å²) in [6.45, 7) is 1.97. The minimum Gasteiger partial charge on any atom is -0.397 e. The van der Waals surface area contributed by atoms with Crippen molar-refractivity contribution < 1.29 is 0 Å². The van der Waals surface area contributed by atoms with Crippen LogP contribution in [0, 0.1) is 5.92 Å². The van der Waals surface area contributed by atoms with Crippen molar-refractivity contribution in [2.45, 2.75) is 31.8 Å². The van der Waals surface area contributed by atoms with Crippen LogP contribution in [0.5, 0.6) is 0 Å². The van der Waals surface area contributed by atoms with Crippen LogP contribution >= 0.6 is 0 Å². The minimum atomic E-state index is -0.353. The van der Waals surface area contributed by atoms with E-state index in [4.69, 9.17) is 11.5 Å². The molecule has 2 aliphatic rings. The molecule has 0 aromatic carbocycles. The van der Waals surface area contributed by atoms with E-state index in [2.05, 4.69) is 5.32 Å². The van der Waals surface area contributed by atoms with E-state index >= 15 is 0 Å². The van der Waals surface area contributed by atoms with Crippen molar-refractivity contribution in [2.75, 3.05) is 0 Å². The molecule has 1 unspecified atom stereocenters. The summed E-state index contributed by atoms with van der Waals surface area (Å²) in [5, 5.41) is 3.26. The second-order valence-corrected chi connectivity index (χ2v) is 4.23. The molecule has 5 N–H and O–H groups in total. The van der Waals surface area contributed by atoms with Crippen LogP contribution in [0.25, 0.3) is 0 Å². The van der Waals surface area contributed by atoms with Gasteiger partial charge in [-0.1, -0.05) is 12.8 Å². The average Bonchev–Trinajstić information content (AvgIpc) is 2.81. The van der Waals surface area contributed by atoms with Crippen LogP contribution in [-0.4, -0.2) is 5.66 Å². The van der Waals surface area contributed by atoms with Gasteiger partial charge in [0.25, 0.3) is 0 Å². The fraction of sp³-hybridized carbons (Fsp3) is 0.600. The molecule has 0 radical (unpaired) electrons. The van der Waals surface area contributed by atoms with E-state index in [1.54, 1.807) is 0 Å². The Labute approximate surface area is 78.9 Å². The van der Waals surface area contributed by atoms with Gasteiger partial charge in [-0.2, -0.15) is 0 Å². The van der Waals surface area contributed by atoms with Gasteiger partial charge >= 0.3 is 0 Å². The third-order valence-corrected chi connectivity index (χ3v) is 2.74. The Kier molecular flexibility index (Phi) is 1.84. The monoisotopic (exact) mass is 179 g/mol. The summed E-state index contributed by atoms with van der Waals surface area (Å²) in [6, 6.07) is 0. The van der Waals surface area contributed by atoms with E-state index in [1.165, 1.54) is 12.8 Å². The van der Waals surface area contributed by atoms with Crippen molar-refractivity contribution in [3.05, 3.63) is 23.5 Å². The van der Waals surface area contributed by atoms with Gasteiger partial charge in [0.2, 0.25) is 0 Å². The van der Waals surface area contributed by atoms with Crippen LogP contribution in [0.2, 0.25) is 0 Å². The Bertz CT molecular complexity index is 276. The van der Waals surface area contributed by atoms with Gasteiger partial charge in [-0.3, -0.25) is 0 Å². The fourth-order valence-corrected chi connectivity index (χ4v) is 1.75. The first-order valence-electron chi connectivity index (χ1n) is 4.82. The zero-order valence-corrected chi connectivity index (χ0v) is 8.01. The van der Waals surface area contributed by atoms with Crippen molar-refractivity contribution >= 4 is 0 Å². The summed E-state index contributed by atoms with van der Waals surface area (Å²) in [7, 11) is 0. The molecule has 0 bridgehead atoms. The third-order valence-electron chi connectivity index (χ3n) is 2.74. The normalized spacial score (nSPS) is 33.4. The maximum atomic E-state index is 6.17. The lowest BCUT2D eigenvalue weighted by Crippen LogP contribution is -2.53. The first kappa shape index (κ1) is 8.63. The largest absolute Gasteiger partial charge is 0.397 e. The predicted octanol–water partition coefficient (Wildman–Crippen LogP) is 0.791. The van der Waals surface area contributed by atoms with Gasteiger partial charge in [0.1, 0.15) is 5.66 Å². The molecule has 1 heterocycles. The molecule has 3 heteroatoms. The molecular weight excluding hydrogens is 162 g/mol. The van der Waals surface area contributed by atoms with Crippen LogP contribution in [-0.2, 0) is 0 Å². The summed E-state index contributed by atoms with van der Waals surface area (Å²) in [4.78, 5) is 0. The molecular formula is C10H17N3. The van der Waals surface area contributed by atoms with Gasteiger partial charge in [-0.25, -0.2) is 0 Å². The fourth-order valence-electron chi connectivity index (χ4n) is 1.75. The molecule has 13 heavy (non-hydrogen) atoms. The number of nitrogens with two attached hydrogens (primary N) is 2. The molecule has 0 amide bonds. The van der Waals surface area contributed by atoms with Gasteiger partial charge < -0.3 is 16.8 Å². The lowest BCUT2D eigenvalue weighted by molar-refractivity contribution is 0.394. The summed E-state index contributed by atoms with van der Waals surface area (Å²) in [5.74, 6) is 0.814. The second-order valence-electron chi connectivity index (χ2n) is 4.23.